The van der Waals surface area contributed by atoms with Gasteiger partial charge in [0, 0.05) is 0 Å². The van der Waals surface area contributed by atoms with Crippen molar-refractivity contribution in [3.05, 3.63) is 41.1 Å². The lowest BCUT2D eigenvalue weighted by Gasteiger charge is -2.07. The van der Waals surface area contributed by atoms with Crippen LogP contribution in [-0.4, -0.2) is 22.1 Å². The third kappa shape index (κ3) is 4.18. The summed E-state index contributed by atoms with van der Waals surface area (Å²) in [6.07, 6.45) is 1.16. The molecule has 0 unspecified atom stereocenters. The largest absolute Gasteiger partial charge is 0.480 e. The van der Waals surface area contributed by atoms with Gasteiger partial charge < -0.3 is 15.3 Å². The average Bonchev–Trinajstić information content (AvgIpc) is 2.39. The Kier molecular flexibility index (Phi) is 5.20. The Morgan fingerprint density at radius 3 is 2.47 bits per heavy atom. The molecule has 0 aliphatic rings. The Morgan fingerprint density at radius 1 is 1.37 bits per heavy atom. The Balaban J connectivity index is 0.000000203. The highest BCUT2D eigenvalue weighted by Crippen LogP contribution is 2.03. The Bertz CT molecular complexity index is 601. The summed E-state index contributed by atoms with van der Waals surface area (Å²) in [7, 11) is 0. The van der Waals surface area contributed by atoms with Crippen LogP contribution in [0.4, 0.5) is 0 Å². The summed E-state index contributed by atoms with van der Waals surface area (Å²) in [5, 5.41) is 8.75. The second kappa shape index (κ2) is 6.65. The SMILES string of the molecule is CC(C)[C@H](N)C(=O)O.O=c1ocnc2ccccc12. The number of nitrogens with zero attached hydrogens (tertiary/aromatic N) is 1. The van der Waals surface area contributed by atoms with Crippen LogP contribution in [0.25, 0.3) is 10.9 Å². The molecule has 1 heterocycles. The van der Waals surface area contributed by atoms with Gasteiger partial charge in [-0.1, -0.05) is 26.0 Å². The molecule has 2 rings (SSSR count). The van der Waals surface area contributed by atoms with Crippen molar-refractivity contribution in [1.29, 1.82) is 0 Å². The molecule has 0 bridgehead atoms. The van der Waals surface area contributed by atoms with Crippen LogP contribution in [0.2, 0.25) is 0 Å². The molecule has 0 spiro atoms. The Hall–Kier alpha value is -2.21. The molecule has 19 heavy (non-hydrogen) atoms. The molecule has 0 saturated heterocycles. The van der Waals surface area contributed by atoms with E-state index in [1.54, 1.807) is 32.0 Å². The van der Waals surface area contributed by atoms with Crippen molar-refractivity contribution < 1.29 is 14.3 Å². The van der Waals surface area contributed by atoms with Crippen LogP contribution < -0.4 is 11.4 Å². The Labute approximate surface area is 109 Å². The van der Waals surface area contributed by atoms with E-state index in [0.717, 1.165) is 6.39 Å². The molecule has 0 amide bonds. The van der Waals surface area contributed by atoms with Crippen LogP contribution in [0, 0.1) is 5.92 Å². The van der Waals surface area contributed by atoms with Crippen molar-refractivity contribution >= 4 is 16.9 Å². The number of aliphatic carboxylic acids is 1. The number of hydrogen-bond acceptors (Lipinski definition) is 5. The summed E-state index contributed by atoms with van der Waals surface area (Å²) < 4.78 is 4.57. The fourth-order valence-electron chi connectivity index (χ4n) is 1.24. The van der Waals surface area contributed by atoms with Gasteiger partial charge in [0.1, 0.15) is 6.04 Å². The van der Waals surface area contributed by atoms with Gasteiger partial charge in [0.2, 0.25) is 0 Å². The summed E-state index contributed by atoms with van der Waals surface area (Å²) in [6, 6.07) is 6.35. The highest BCUT2D eigenvalue weighted by atomic mass is 16.4. The zero-order chi connectivity index (χ0) is 14.4. The molecular formula is C13H16N2O4. The lowest BCUT2D eigenvalue weighted by atomic mass is 10.1. The first-order valence-electron chi connectivity index (χ1n) is 5.74. The zero-order valence-electron chi connectivity index (χ0n) is 10.7. The standard InChI is InChI=1S/C8H5NO2.C5H11NO2/c10-8-6-3-1-2-4-7(6)9-5-11-8;1-3(2)4(6)5(7)8/h1-5H;3-4H,6H2,1-2H3,(H,7,8)/t;4-/m.0/s1. The lowest BCUT2D eigenvalue weighted by molar-refractivity contribution is -0.139. The minimum atomic E-state index is -0.931. The number of nitrogens with two attached hydrogens (primary N) is 1. The first-order chi connectivity index (χ1) is 8.93. The van der Waals surface area contributed by atoms with Crippen LogP contribution in [0.1, 0.15) is 13.8 Å². The van der Waals surface area contributed by atoms with Gasteiger partial charge in [-0.15, -0.1) is 0 Å². The molecule has 0 radical (unpaired) electrons. The number of para-hydroxylation sites is 1. The van der Waals surface area contributed by atoms with E-state index in [0.29, 0.717) is 10.9 Å². The highest BCUT2D eigenvalue weighted by molar-refractivity contribution is 5.76. The van der Waals surface area contributed by atoms with Crippen molar-refractivity contribution in [2.75, 3.05) is 0 Å². The van der Waals surface area contributed by atoms with E-state index in [1.165, 1.54) is 0 Å². The predicted molar refractivity (Wildman–Crippen MR) is 70.7 cm³/mol. The summed E-state index contributed by atoms with van der Waals surface area (Å²) in [4.78, 5) is 24.9. The highest BCUT2D eigenvalue weighted by Gasteiger charge is 2.14. The summed E-state index contributed by atoms with van der Waals surface area (Å²) in [5.41, 5.74) is 5.49. The zero-order valence-corrected chi connectivity index (χ0v) is 10.7. The number of benzene rings is 1. The fourth-order valence-corrected chi connectivity index (χ4v) is 1.24. The number of aromatic nitrogens is 1. The number of carbonyl (C=O) groups is 1. The van der Waals surface area contributed by atoms with Gasteiger partial charge >= 0.3 is 11.6 Å². The van der Waals surface area contributed by atoms with Crippen molar-refractivity contribution in [2.45, 2.75) is 19.9 Å². The molecule has 0 aliphatic carbocycles. The molecule has 102 valence electrons. The third-order valence-corrected chi connectivity index (χ3v) is 2.48. The van der Waals surface area contributed by atoms with Crippen molar-refractivity contribution in [2.24, 2.45) is 11.7 Å². The second-order valence-corrected chi connectivity index (χ2v) is 4.27. The molecule has 2 aromatic rings. The van der Waals surface area contributed by atoms with Crippen LogP contribution in [0.15, 0.2) is 39.9 Å². The fraction of sp³-hybridized carbons (Fsp3) is 0.308. The minimum Gasteiger partial charge on any atom is -0.480 e. The van der Waals surface area contributed by atoms with Crippen molar-refractivity contribution in [3.63, 3.8) is 0 Å². The molecular weight excluding hydrogens is 248 g/mol. The quantitative estimate of drug-likeness (QED) is 0.845. The van der Waals surface area contributed by atoms with Crippen molar-refractivity contribution in [1.82, 2.24) is 4.98 Å². The van der Waals surface area contributed by atoms with Crippen LogP contribution in [0.3, 0.4) is 0 Å². The first kappa shape index (κ1) is 14.8. The Morgan fingerprint density at radius 2 is 2.00 bits per heavy atom. The van der Waals surface area contributed by atoms with E-state index < -0.39 is 12.0 Å². The molecule has 1 aromatic heterocycles. The first-order valence-corrected chi connectivity index (χ1v) is 5.74. The van der Waals surface area contributed by atoms with Gasteiger partial charge in [0.05, 0.1) is 10.9 Å². The molecule has 3 N–H and O–H groups in total. The maximum absolute atomic E-state index is 11.0. The van der Waals surface area contributed by atoms with Gasteiger partial charge in [-0.25, -0.2) is 9.78 Å². The van der Waals surface area contributed by atoms with E-state index >= 15 is 0 Å². The number of carboxylic acids is 1. The number of hydrogen-bond donors (Lipinski definition) is 2. The van der Waals surface area contributed by atoms with E-state index in [4.69, 9.17) is 10.8 Å². The van der Waals surface area contributed by atoms with Gasteiger partial charge in [-0.05, 0) is 18.1 Å². The number of carboxylic acid groups (broad SMARTS) is 1. The van der Waals surface area contributed by atoms with E-state index in [-0.39, 0.29) is 11.5 Å². The van der Waals surface area contributed by atoms with Crippen LogP contribution in [0.5, 0.6) is 0 Å². The van der Waals surface area contributed by atoms with E-state index in [1.807, 2.05) is 6.07 Å². The third-order valence-electron chi connectivity index (χ3n) is 2.48. The topological polar surface area (TPSA) is 106 Å². The molecule has 0 aliphatic heterocycles. The molecule has 6 nitrogen and oxygen atoms in total. The number of rotatable bonds is 2. The van der Waals surface area contributed by atoms with Gasteiger partial charge in [0.25, 0.3) is 0 Å². The second-order valence-electron chi connectivity index (χ2n) is 4.27. The predicted octanol–water partition coefficient (Wildman–Crippen LogP) is 1.24. The molecule has 0 fully saturated rings. The summed E-state index contributed by atoms with van der Waals surface area (Å²) in [5.74, 6) is -0.910. The smallest absolute Gasteiger partial charge is 0.346 e. The minimum absolute atomic E-state index is 0.0208. The molecule has 0 saturated carbocycles. The monoisotopic (exact) mass is 264 g/mol. The van der Waals surface area contributed by atoms with Crippen LogP contribution >= 0.6 is 0 Å². The van der Waals surface area contributed by atoms with Gasteiger partial charge in [-0.2, -0.15) is 0 Å². The normalized spacial score (nSPS) is 11.8. The average molecular weight is 264 g/mol. The maximum atomic E-state index is 11.0. The van der Waals surface area contributed by atoms with E-state index in [2.05, 4.69) is 9.40 Å². The molecule has 1 atom stereocenters. The van der Waals surface area contributed by atoms with Crippen LogP contribution in [-0.2, 0) is 4.79 Å². The summed E-state index contributed by atoms with van der Waals surface area (Å²) >= 11 is 0. The molecule has 6 heteroatoms. The molecule has 1 aromatic carbocycles. The maximum Gasteiger partial charge on any atom is 0.346 e. The van der Waals surface area contributed by atoms with E-state index in [9.17, 15) is 9.59 Å². The van der Waals surface area contributed by atoms with Gasteiger partial charge in [-0.3, -0.25) is 4.79 Å². The van der Waals surface area contributed by atoms with Gasteiger partial charge in [0.15, 0.2) is 6.39 Å². The number of fused-ring (bicyclic) bond motifs is 1. The lowest BCUT2D eigenvalue weighted by Crippen LogP contribution is -2.34. The summed E-state index contributed by atoms with van der Waals surface area (Å²) in [6.45, 7) is 3.55. The van der Waals surface area contributed by atoms with Crippen molar-refractivity contribution in [3.8, 4) is 0 Å².